The van der Waals surface area contributed by atoms with E-state index in [1.807, 2.05) is 30.3 Å². The summed E-state index contributed by atoms with van der Waals surface area (Å²) >= 11 is 0. The SMILES string of the molecule is C=C(C)CNS(=O)(=O)NC1CCC(CNC(=O)c2ccccc2OC)(c2ccccc2)CC1. The molecular formula is C25H33N3O4S. The molecule has 1 aliphatic rings. The minimum absolute atomic E-state index is 0.158. The second-order valence-electron chi connectivity index (χ2n) is 8.70. The molecule has 2 aromatic carbocycles. The van der Waals surface area contributed by atoms with E-state index in [1.165, 1.54) is 0 Å². The lowest BCUT2D eigenvalue weighted by molar-refractivity contribution is 0.0932. The van der Waals surface area contributed by atoms with Crippen LogP contribution in [-0.2, 0) is 15.6 Å². The van der Waals surface area contributed by atoms with E-state index in [1.54, 1.807) is 26.2 Å². The summed E-state index contributed by atoms with van der Waals surface area (Å²) in [7, 11) is -2.05. The number of carbonyl (C=O) groups excluding carboxylic acids is 1. The highest BCUT2D eigenvalue weighted by atomic mass is 32.2. The van der Waals surface area contributed by atoms with E-state index < -0.39 is 10.2 Å². The first kappa shape index (κ1) is 25.0. The zero-order chi connectivity index (χ0) is 23.9. The van der Waals surface area contributed by atoms with Gasteiger partial charge in [-0.05, 0) is 50.3 Å². The number of rotatable bonds is 10. The molecule has 1 fully saturated rings. The van der Waals surface area contributed by atoms with Crippen molar-refractivity contribution in [2.75, 3.05) is 20.2 Å². The topological polar surface area (TPSA) is 96.5 Å². The van der Waals surface area contributed by atoms with Crippen molar-refractivity contribution in [3.8, 4) is 5.75 Å². The lowest BCUT2D eigenvalue weighted by Crippen LogP contribution is -2.49. The summed E-state index contributed by atoms with van der Waals surface area (Å²) < 4.78 is 35.3. The van der Waals surface area contributed by atoms with Gasteiger partial charge < -0.3 is 10.1 Å². The fraction of sp³-hybridized carbons (Fsp3) is 0.400. The molecular weight excluding hydrogens is 438 g/mol. The number of carbonyl (C=O) groups is 1. The molecule has 0 aliphatic heterocycles. The van der Waals surface area contributed by atoms with Gasteiger partial charge in [0.1, 0.15) is 5.75 Å². The van der Waals surface area contributed by atoms with Crippen molar-refractivity contribution in [3.63, 3.8) is 0 Å². The van der Waals surface area contributed by atoms with Crippen LogP contribution in [0.4, 0.5) is 0 Å². The number of benzene rings is 2. The van der Waals surface area contributed by atoms with Crippen LogP contribution in [0.3, 0.4) is 0 Å². The Labute approximate surface area is 196 Å². The van der Waals surface area contributed by atoms with Gasteiger partial charge in [0.05, 0.1) is 12.7 Å². The summed E-state index contributed by atoms with van der Waals surface area (Å²) in [4.78, 5) is 12.9. The molecule has 0 spiro atoms. The Morgan fingerprint density at radius 3 is 2.36 bits per heavy atom. The van der Waals surface area contributed by atoms with Crippen LogP contribution in [0.15, 0.2) is 66.7 Å². The summed E-state index contributed by atoms with van der Waals surface area (Å²) in [5.74, 6) is 0.346. The number of hydrogen-bond acceptors (Lipinski definition) is 4. The van der Waals surface area contributed by atoms with Crippen molar-refractivity contribution in [2.45, 2.75) is 44.1 Å². The van der Waals surface area contributed by atoms with Crippen LogP contribution in [0, 0.1) is 0 Å². The first-order chi connectivity index (χ1) is 15.7. The second-order valence-corrected chi connectivity index (χ2v) is 10.2. The highest BCUT2D eigenvalue weighted by Gasteiger charge is 2.38. The van der Waals surface area contributed by atoms with Crippen LogP contribution >= 0.6 is 0 Å². The Bertz CT molecular complexity index is 1060. The van der Waals surface area contributed by atoms with E-state index in [0.717, 1.165) is 24.0 Å². The minimum Gasteiger partial charge on any atom is -0.496 e. The third kappa shape index (κ3) is 6.66. The van der Waals surface area contributed by atoms with E-state index >= 15 is 0 Å². The predicted octanol–water partition coefficient (Wildman–Crippen LogP) is 3.31. The number of hydrogen-bond donors (Lipinski definition) is 3. The lowest BCUT2D eigenvalue weighted by Gasteiger charge is -2.41. The molecule has 3 rings (SSSR count). The molecule has 1 saturated carbocycles. The van der Waals surface area contributed by atoms with E-state index in [2.05, 4.69) is 33.5 Å². The standard InChI is InChI=1S/C25H33N3O4S/c1-19(2)17-27-33(30,31)28-21-13-15-25(16-14-21,20-9-5-4-6-10-20)18-26-24(29)22-11-7-8-12-23(22)32-3/h4-12,21,27-28H,1,13-18H2,2-3H3,(H,26,29). The van der Waals surface area contributed by atoms with Crippen LogP contribution in [0.25, 0.3) is 0 Å². The third-order valence-corrected chi connectivity index (χ3v) is 7.32. The van der Waals surface area contributed by atoms with Gasteiger partial charge in [-0.2, -0.15) is 17.9 Å². The van der Waals surface area contributed by atoms with Gasteiger partial charge in [0, 0.05) is 24.5 Å². The molecule has 0 aromatic heterocycles. The molecule has 178 valence electrons. The van der Waals surface area contributed by atoms with Gasteiger partial charge in [0.15, 0.2) is 0 Å². The number of amides is 1. The predicted molar refractivity (Wildman–Crippen MR) is 131 cm³/mol. The molecule has 1 amide bonds. The maximum Gasteiger partial charge on any atom is 0.277 e. The summed E-state index contributed by atoms with van der Waals surface area (Å²) in [6, 6.07) is 17.1. The van der Waals surface area contributed by atoms with Gasteiger partial charge >= 0.3 is 0 Å². The fourth-order valence-electron chi connectivity index (χ4n) is 4.30. The van der Waals surface area contributed by atoms with Crippen LogP contribution in [0.2, 0.25) is 0 Å². The quantitative estimate of drug-likeness (QED) is 0.463. The molecule has 0 saturated heterocycles. The first-order valence-corrected chi connectivity index (χ1v) is 12.6. The highest BCUT2D eigenvalue weighted by molar-refractivity contribution is 7.87. The molecule has 3 N–H and O–H groups in total. The summed E-state index contributed by atoms with van der Waals surface area (Å²) in [6.07, 6.45) is 2.84. The van der Waals surface area contributed by atoms with Gasteiger partial charge in [0.25, 0.3) is 16.1 Å². The zero-order valence-electron chi connectivity index (χ0n) is 19.3. The average Bonchev–Trinajstić information content (AvgIpc) is 2.83. The third-order valence-electron chi connectivity index (χ3n) is 6.15. The van der Waals surface area contributed by atoms with Crippen LogP contribution < -0.4 is 19.5 Å². The maximum atomic E-state index is 12.9. The molecule has 7 nitrogen and oxygen atoms in total. The highest BCUT2D eigenvalue weighted by Crippen LogP contribution is 2.39. The fourth-order valence-corrected chi connectivity index (χ4v) is 5.50. The van der Waals surface area contributed by atoms with E-state index in [-0.39, 0.29) is 23.9 Å². The van der Waals surface area contributed by atoms with Crippen molar-refractivity contribution in [1.82, 2.24) is 14.8 Å². The molecule has 1 aliphatic carbocycles. The largest absolute Gasteiger partial charge is 0.496 e. The summed E-state index contributed by atoms with van der Waals surface area (Å²) in [6.45, 7) is 6.18. The minimum atomic E-state index is -3.59. The molecule has 2 aromatic rings. The average molecular weight is 472 g/mol. The number of nitrogens with one attached hydrogen (secondary N) is 3. The van der Waals surface area contributed by atoms with Crippen molar-refractivity contribution in [2.24, 2.45) is 0 Å². The van der Waals surface area contributed by atoms with Gasteiger partial charge in [-0.1, -0.05) is 54.6 Å². The zero-order valence-corrected chi connectivity index (χ0v) is 20.1. The van der Waals surface area contributed by atoms with E-state index in [9.17, 15) is 13.2 Å². The van der Waals surface area contributed by atoms with Gasteiger partial charge in [-0.25, -0.2) is 0 Å². The number of para-hydroxylation sites is 1. The second kappa shape index (κ2) is 11.0. The van der Waals surface area contributed by atoms with Crippen molar-refractivity contribution in [3.05, 3.63) is 77.9 Å². The maximum absolute atomic E-state index is 12.9. The van der Waals surface area contributed by atoms with Gasteiger partial charge in [0.2, 0.25) is 0 Å². The number of methoxy groups -OCH3 is 1. The van der Waals surface area contributed by atoms with Crippen molar-refractivity contribution < 1.29 is 17.9 Å². The van der Waals surface area contributed by atoms with Crippen molar-refractivity contribution >= 4 is 16.1 Å². The van der Waals surface area contributed by atoms with E-state index in [0.29, 0.717) is 30.7 Å². The summed E-state index contributed by atoms with van der Waals surface area (Å²) in [5, 5.41) is 3.10. The Kier molecular flexibility index (Phi) is 8.29. The van der Waals surface area contributed by atoms with Crippen molar-refractivity contribution in [1.29, 1.82) is 0 Å². The van der Waals surface area contributed by atoms with E-state index in [4.69, 9.17) is 4.74 Å². The molecule has 0 heterocycles. The molecule has 0 radical (unpaired) electrons. The lowest BCUT2D eigenvalue weighted by atomic mass is 9.68. The Morgan fingerprint density at radius 2 is 1.73 bits per heavy atom. The molecule has 0 bridgehead atoms. The number of ether oxygens (including phenoxy) is 1. The van der Waals surface area contributed by atoms with Gasteiger partial charge in [-0.15, -0.1) is 0 Å². The summed E-state index contributed by atoms with van der Waals surface area (Å²) in [5.41, 5.74) is 2.12. The van der Waals surface area contributed by atoms with Gasteiger partial charge in [-0.3, -0.25) is 4.79 Å². The first-order valence-electron chi connectivity index (χ1n) is 11.1. The van der Waals surface area contributed by atoms with Crippen LogP contribution in [0.5, 0.6) is 5.75 Å². The Hall–Kier alpha value is -2.68. The smallest absolute Gasteiger partial charge is 0.277 e. The molecule has 0 unspecified atom stereocenters. The molecule has 0 atom stereocenters. The Morgan fingerprint density at radius 1 is 1.09 bits per heavy atom. The van der Waals surface area contributed by atoms with Crippen LogP contribution in [0.1, 0.15) is 48.5 Å². The molecule has 8 heteroatoms. The van der Waals surface area contributed by atoms with Crippen LogP contribution in [-0.4, -0.2) is 40.6 Å². The monoisotopic (exact) mass is 471 g/mol. The Balaban J connectivity index is 1.70. The normalized spacial score (nSPS) is 20.7. The molecule has 33 heavy (non-hydrogen) atoms.